The molecule has 2 aliphatic rings. The van der Waals surface area contributed by atoms with Gasteiger partial charge in [-0.3, -0.25) is 4.90 Å². The van der Waals surface area contributed by atoms with Gasteiger partial charge >= 0.3 is 0 Å². The zero-order valence-corrected chi connectivity index (χ0v) is 10.2. The Kier molecular flexibility index (Phi) is 3.61. The van der Waals surface area contributed by atoms with E-state index in [4.69, 9.17) is 0 Å². The number of thiazole rings is 1. The molecule has 2 saturated heterocycles. The number of fused-ring (bicyclic) bond motifs is 1. The second kappa shape index (κ2) is 4.78. The van der Waals surface area contributed by atoms with Crippen molar-refractivity contribution in [2.24, 2.45) is 5.92 Å². The first-order valence-electron chi connectivity index (χ1n) is 5.26. The fourth-order valence-corrected chi connectivity index (χ4v) is 3.28. The molecule has 3 rings (SSSR count). The van der Waals surface area contributed by atoms with Crippen molar-refractivity contribution < 1.29 is 0 Å². The summed E-state index contributed by atoms with van der Waals surface area (Å²) < 4.78 is 0. The fraction of sp³-hybridized carbons (Fsp3) is 0.700. The number of hydrogen-bond acceptors (Lipinski definition) is 4. The minimum atomic E-state index is 0. The van der Waals surface area contributed by atoms with Crippen molar-refractivity contribution in [3.63, 3.8) is 0 Å². The molecule has 1 aromatic rings. The molecule has 2 atom stereocenters. The summed E-state index contributed by atoms with van der Waals surface area (Å²) in [6.45, 7) is 4.71. The van der Waals surface area contributed by atoms with Crippen molar-refractivity contribution in [1.82, 2.24) is 15.2 Å². The standard InChI is InChI=1S/C10H15N3S.ClH/c1-3-13(7-10-12-2-4-14-10)9-6-11-5-8(1)9;/h2,4,8-9,11H,1,3,5-7H2;1H/t8-,9+;/m0./s1. The zero-order valence-electron chi connectivity index (χ0n) is 8.56. The number of nitrogens with zero attached hydrogens (tertiary/aromatic N) is 2. The largest absolute Gasteiger partial charge is 0.315 e. The number of hydrogen-bond donors (Lipinski definition) is 1. The molecule has 0 radical (unpaired) electrons. The molecule has 3 nitrogen and oxygen atoms in total. The highest BCUT2D eigenvalue weighted by molar-refractivity contribution is 7.09. The molecule has 84 valence electrons. The van der Waals surface area contributed by atoms with Crippen molar-refractivity contribution in [2.75, 3.05) is 19.6 Å². The topological polar surface area (TPSA) is 28.2 Å². The van der Waals surface area contributed by atoms with E-state index in [1.807, 2.05) is 6.20 Å². The second-order valence-electron chi connectivity index (χ2n) is 4.17. The molecule has 0 unspecified atom stereocenters. The van der Waals surface area contributed by atoms with E-state index in [2.05, 4.69) is 20.6 Å². The fourth-order valence-electron chi connectivity index (χ4n) is 2.64. The highest BCUT2D eigenvalue weighted by Gasteiger charge is 2.37. The van der Waals surface area contributed by atoms with Gasteiger partial charge in [0.2, 0.25) is 0 Å². The van der Waals surface area contributed by atoms with Crippen molar-refractivity contribution in [3.05, 3.63) is 16.6 Å². The van der Waals surface area contributed by atoms with E-state index in [1.165, 1.54) is 31.1 Å². The van der Waals surface area contributed by atoms with Gasteiger partial charge in [-0.05, 0) is 25.4 Å². The zero-order chi connectivity index (χ0) is 9.38. The number of aromatic nitrogens is 1. The predicted octanol–water partition coefficient (Wildman–Crippen LogP) is 1.36. The van der Waals surface area contributed by atoms with Crippen LogP contribution in [0.4, 0.5) is 0 Å². The quantitative estimate of drug-likeness (QED) is 0.853. The lowest BCUT2D eigenvalue weighted by molar-refractivity contribution is 0.243. The van der Waals surface area contributed by atoms with Crippen molar-refractivity contribution >= 4 is 23.7 Å². The molecule has 1 aromatic heterocycles. The molecule has 5 heteroatoms. The maximum Gasteiger partial charge on any atom is 0.107 e. The van der Waals surface area contributed by atoms with Crippen molar-refractivity contribution in [3.8, 4) is 0 Å². The molecule has 2 aliphatic heterocycles. The molecular formula is C10H16ClN3S. The van der Waals surface area contributed by atoms with Crippen LogP contribution in [-0.4, -0.2) is 35.6 Å². The molecule has 1 N–H and O–H groups in total. The minimum Gasteiger partial charge on any atom is -0.315 e. The highest BCUT2D eigenvalue weighted by atomic mass is 35.5. The molecule has 0 bridgehead atoms. The van der Waals surface area contributed by atoms with E-state index >= 15 is 0 Å². The van der Waals surface area contributed by atoms with Crippen molar-refractivity contribution in [2.45, 2.75) is 19.0 Å². The molecule has 15 heavy (non-hydrogen) atoms. The molecule has 3 heterocycles. The van der Waals surface area contributed by atoms with Crippen LogP contribution in [0.5, 0.6) is 0 Å². The smallest absolute Gasteiger partial charge is 0.107 e. The third-order valence-corrected chi connectivity index (χ3v) is 4.15. The van der Waals surface area contributed by atoms with Gasteiger partial charge in [0.1, 0.15) is 5.01 Å². The SMILES string of the molecule is Cl.c1csc(CN2CC[C@H]3CNC[C@H]32)n1. The average Bonchev–Trinajstić information content (AvgIpc) is 2.85. The Hall–Kier alpha value is -0.160. The van der Waals surface area contributed by atoms with Crippen LogP contribution in [0, 0.1) is 5.92 Å². The summed E-state index contributed by atoms with van der Waals surface area (Å²) in [5.41, 5.74) is 0. The molecule has 0 aliphatic carbocycles. The summed E-state index contributed by atoms with van der Waals surface area (Å²) in [4.78, 5) is 6.94. The van der Waals surface area contributed by atoms with Crippen LogP contribution < -0.4 is 5.32 Å². The van der Waals surface area contributed by atoms with Gasteiger partial charge in [-0.1, -0.05) is 0 Å². The van der Waals surface area contributed by atoms with Gasteiger partial charge in [-0.2, -0.15) is 0 Å². The molecule has 0 aromatic carbocycles. The van der Waals surface area contributed by atoms with Gasteiger partial charge in [-0.25, -0.2) is 4.98 Å². The summed E-state index contributed by atoms with van der Waals surface area (Å²) in [7, 11) is 0. The average molecular weight is 246 g/mol. The summed E-state index contributed by atoms with van der Waals surface area (Å²) >= 11 is 1.77. The first-order chi connectivity index (χ1) is 6.93. The van der Waals surface area contributed by atoms with E-state index in [0.717, 1.165) is 18.5 Å². The second-order valence-corrected chi connectivity index (χ2v) is 5.15. The predicted molar refractivity (Wildman–Crippen MR) is 64.5 cm³/mol. The molecule has 2 fully saturated rings. The van der Waals surface area contributed by atoms with Gasteiger partial charge in [0.25, 0.3) is 0 Å². The number of likely N-dealkylation sites (tertiary alicyclic amines) is 1. The van der Waals surface area contributed by atoms with Crippen LogP contribution in [-0.2, 0) is 6.54 Å². The van der Waals surface area contributed by atoms with E-state index in [9.17, 15) is 0 Å². The maximum atomic E-state index is 4.35. The van der Waals surface area contributed by atoms with Crippen LogP contribution >= 0.6 is 23.7 Å². The third-order valence-electron chi connectivity index (χ3n) is 3.38. The van der Waals surface area contributed by atoms with Crippen LogP contribution in [0.2, 0.25) is 0 Å². The monoisotopic (exact) mass is 245 g/mol. The molecule has 0 amide bonds. The Labute approximate surface area is 100 Å². The van der Waals surface area contributed by atoms with Crippen LogP contribution in [0.25, 0.3) is 0 Å². The first-order valence-corrected chi connectivity index (χ1v) is 6.14. The highest BCUT2D eigenvalue weighted by Crippen LogP contribution is 2.28. The lowest BCUT2D eigenvalue weighted by Gasteiger charge is -2.21. The van der Waals surface area contributed by atoms with Crippen LogP contribution in [0.1, 0.15) is 11.4 Å². The summed E-state index contributed by atoms with van der Waals surface area (Å²) in [5.74, 6) is 0.898. The summed E-state index contributed by atoms with van der Waals surface area (Å²) in [6, 6.07) is 0.777. The Morgan fingerprint density at radius 2 is 2.47 bits per heavy atom. The molecule has 0 spiro atoms. The van der Waals surface area contributed by atoms with E-state index in [0.29, 0.717) is 0 Å². The summed E-state index contributed by atoms with van der Waals surface area (Å²) in [5, 5.41) is 6.80. The van der Waals surface area contributed by atoms with Gasteiger partial charge < -0.3 is 5.32 Å². The minimum absolute atomic E-state index is 0. The normalized spacial score (nSPS) is 30.1. The lowest BCUT2D eigenvalue weighted by Crippen LogP contribution is -2.33. The van der Waals surface area contributed by atoms with Gasteiger partial charge in [0.05, 0.1) is 6.54 Å². The van der Waals surface area contributed by atoms with E-state index in [-0.39, 0.29) is 12.4 Å². The Morgan fingerprint density at radius 3 is 3.27 bits per heavy atom. The van der Waals surface area contributed by atoms with Gasteiger partial charge in [-0.15, -0.1) is 23.7 Å². The number of nitrogens with one attached hydrogen (secondary N) is 1. The van der Waals surface area contributed by atoms with Crippen LogP contribution in [0.15, 0.2) is 11.6 Å². The maximum absolute atomic E-state index is 4.35. The Bertz CT molecular complexity index is 304. The first kappa shape index (κ1) is 11.3. The lowest BCUT2D eigenvalue weighted by atomic mass is 10.1. The molecule has 0 saturated carbocycles. The summed E-state index contributed by atoms with van der Waals surface area (Å²) in [6.07, 6.45) is 3.27. The molecular weight excluding hydrogens is 230 g/mol. The van der Waals surface area contributed by atoms with Gasteiger partial charge in [0, 0.05) is 24.2 Å². The van der Waals surface area contributed by atoms with Crippen LogP contribution in [0.3, 0.4) is 0 Å². The van der Waals surface area contributed by atoms with E-state index < -0.39 is 0 Å². The number of rotatable bonds is 2. The Balaban J connectivity index is 0.000000853. The van der Waals surface area contributed by atoms with Crippen molar-refractivity contribution in [1.29, 1.82) is 0 Å². The third kappa shape index (κ3) is 2.18. The van der Waals surface area contributed by atoms with E-state index in [1.54, 1.807) is 11.3 Å². The Morgan fingerprint density at radius 1 is 1.53 bits per heavy atom. The van der Waals surface area contributed by atoms with Gasteiger partial charge in [0.15, 0.2) is 0 Å². The number of halogens is 1.